The number of hydrogen-bond acceptors (Lipinski definition) is 4. The number of halogens is 1. The maximum absolute atomic E-state index is 12.9. The van der Waals surface area contributed by atoms with Crippen LogP contribution in [0, 0.1) is 23.1 Å². The molecule has 0 N–H and O–H groups in total. The molecule has 0 spiro atoms. The van der Waals surface area contributed by atoms with E-state index in [0.717, 1.165) is 10.6 Å². The quantitative estimate of drug-likeness (QED) is 0.631. The Morgan fingerprint density at radius 1 is 1.38 bits per heavy atom. The van der Waals surface area contributed by atoms with Gasteiger partial charge in [-0.25, -0.2) is 9.37 Å². The molecule has 0 amide bonds. The number of ketones is 1. The summed E-state index contributed by atoms with van der Waals surface area (Å²) in [5, 5.41) is 11.5. The van der Waals surface area contributed by atoms with Crippen molar-refractivity contribution in [3.63, 3.8) is 0 Å². The molecule has 0 radical (unpaired) electrons. The highest BCUT2D eigenvalue weighted by atomic mass is 32.1. The molecule has 1 aromatic heterocycles. The molecule has 1 heterocycles. The topological polar surface area (TPSA) is 53.8 Å². The van der Waals surface area contributed by atoms with Crippen LogP contribution in [0.15, 0.2) is 35.2 Å². The van der Waals surface area contributed by atoms with Gasteiger partial charge in [-0.1, -0.05) is 13.8 Å². The van der Waals surface area contributed by atoms with Crippen molar-refractivity contribution in [3.8, 4) is 16.6 Å². The monoisotopic (exact) mass is 300 g/mol. The van der Waals surface area contributed by atoms with Gasteiger partial charge in [-0.05, 0) is 30.3 Å². The summed E-state index contributed by atoms with van der Waals surface area (Å²) in [6.45, 7) is 3.50. The van der Waals surface area contributed by atoms with E-state index in [0.29, 0.717) is 5.69 Å². The minimum Gasteiger partial charge on any atom is -0.293 e. The summed E-state index contributed by atoms with van der Waals surface area (Å²) in [4.78, 5) is 16.2. The molecule has 1 aromatic carbocycles. The van der Waals surface area contributed by atoms with Crippen molar-refractivity contribution in [3.05, 3.63) is 46.7 Å². The number of benzene rings is 1. The van der Waals surface area contributed by atoms with Gasteiger partial charge in [-0.15, -0.1) is 11.3 Å². The summed E-state index contributed by atoms with van der Waals surface area (Å²) in [5.41, 5.74) is 1.46. The fourth-order valence-electron chi connectivity index (χ4n) is 1.69. The molecule has 106 valence electrons. The van der Waals surface area contributed by atoms with Crippen LogP contribution in [0.2, 0.25) is 0 Å². The van der Waals surface area contributed by atoms with E-state index in [2.05, 4.69) is 4.98 Å². The van der Waals surface area contributed by atoms with Gasteiger partial charge in [-0.3, -0.25) is 4.79 Å². The highest BCUT2D eigenvalue weighted by Crippen LogP contribution is 2.25. The fourth-order valence-corrected chi connectivity index (χ4v) is 2.48. The maximum atomic E-state index is 12.9. The predicted octanol–water partition coefficient (Wildman–Crippen LogP) is 4.08. The van der Waals surface area contributed by atoms with Crippen molar-refractivity contribution in [1.29, 1.82) is 5.26 Å². The number of allylic oxidation sites excluding steroid dienone is 1. The lowest BCUT2D eigenvalue weighted by molar-refractivity contribution is -0.117. The molecule has 0 unspecified atom stereocenters. The summed E-state index contributed by atoms with van der Waals surface area (Å²) < 4.78 is 12.9. The molecule has 5 heteroatoms. The number of rotatable bonds is 4. The lowest BCUT2D eigenvalue weighted by atomic mass is 10.0. The van der Waals surface area contributed by atoms with Gasteiger partial charge in [0, 0.05) is 16.9 Å². The molecule has 3 nitrogen and oxygen atoms in total. The molecule has 2 aromatic rings. The van der Waals surface area contributed by atoms with Crippen molar-refractivity contribution >= 4 is 23.2 Å². The first-order valence-electron chi connectivity index (χ1n) is 6.38. The van der Waals surface area contributed by atoms with Gasteiger partial charge in [0.15, 0.2) is 5.78 Å². The molecule has 0 atom stereocenters. The average molecular weight is 300 g/mol. The van der Waals surface area contributed by atoms with Gasteiger partial charge in [0.1, 0.15) is 16.9 Å². The maximum Gasteiger partial charge on any atom is 0.175 e. The van der Waals surface area contributed by atoms with Crippen LogP contribution in [-0.4, -0.2) is 10.8 Å². The first-order chi connectivity index (χ1) is 10.0. The van der Waals surface area contributed by atoms with Crippen LogP contribution in [0.1, 0.15) is 19.5 Å². The third-order valence-corrected chi connectivity index (χ3v) is 3.73. The Morgan fingerprint density at radius 2 is 2.05 bits per heavy atom. The standard InChI is InChI=1S/C16H13FN2OS/c1-10(2)15(20)12(8-18)7-14-9-21-16(19-14)11-3-5-13(17)6-4-11/h3-7,9-10H,1-2H3. The second kappa shape index (κ2) is 6.42. The minimum atomic E-state index is -0.301. The van der Waals surface area contributed by atoms with Gasteiger partial charge >= 0.3 is 0 Å². The van der Waals surface area contributed by atoms with Crippen molar-refractivity contribution in [2.24, 2.45) is 5.92 Å². The number of carbonyl (C=O) groups excluding carboxylic acids is 1. The van der Waals surface area contributed by atoms with Crippen molar-refractivity contribution in [2.75, 3.05) is 0 Å². The second-order valence-corrected chi connectivity index (χ2v) is 5.63. The van der Waals surface area contributed by atoms with E-state index < -0.39 is 0 Å². The molecule has 0 saturated carbocycles. The number of hydrogen-bond donors (Lipinski definition) is 0. The van der Waals surface area contributed by atoms with Crippen LogP contribution in [0.25, 0.3) is 16.6 Å². The van der Waals surface area contributed by atoms with Crippen LogP contribution in [0.4, 0.5) is 4.39 Å². The van der Waals surface area contributed by atoms with Crippen LogP contribution < -0.4 is 0 Å². The summed E-state index contributed by atoms with van der Waals surface area (Å²) in [6.07, 6.45) is 1.49. The van der Waals surface area contributed by atoms with Crippen molar-refractivity contribution in [1.82, 2.24) is 4.98 Å². The predicted molar refractivity (Wildman–Crippen MR) is 80.9 cm³/mol. The van der Waals surface area contributed by atoms with Crippen molar-refractivity contribution in [2.45, 2.75) is 13.8 Å². The van der Waals surface area contributed by atoms with E-state index >= 15 is 0 Å². The van der Waals surface area contributed by atoms with Crippen LogP contribution in [0.3, 0.4) is 0 Å². The molecule has 0 fully saturated rings. The lowest BCUT2D eigenvalue weighted by Crippen LogP contribution is -2.08. The number of aromatic nitrogens is 1. The Balaban J connectivity index is 2.29. The lowest BCUT2D eigenvalue weighted by Gasteiger charge is -2.00. The molecule has 21 heavy (non-hydrogen) atoms. The van der Waals surface area contributed by atoms with E-state index in [9.17, 15) is 9.18 Å². The van der Waals surface area contributed by atoms with Gasteiger partial charge in [0.05, 0.1) is 11.3 Å². The normalized spacial score (nSPS) is 11.5. The van der Waals surface area contributed by atoms with Crippen LogP contribution in [0.5, 0.6) is 0 Å². The SMILES string of the molecule is CC(C)C(=O)C(C#N)=Cc1csc(-c2ccc(F)cc2)n1. The molecule has 0 saturated heterocycles. The molecular weight excluding hydrogens is 287 g/mol. The highest BCUT2D eigenvalue weighted by Gasteiger charge is 2.14. The van der Waals surface area contributed by atoms with Gasteiger partial charge in [-0.2, -0.15) is 5.26 Å². The molecule has 0 aliphatic carbocycles. The first kappa shape index (κ1) is 15.1. The van der Waals surface area contributed by atoms with E-state index in [4.69, 9.17) is 5.26 Å². The Bertz CT molecular complexity index is 723. The first-order valence-corrected chi connectivity index (χ1v) is 7.26. The van der Waals surface area contributed by atoms with E-state index in [1.807, 2.05) is 6.07 Å². The largest absolute Gasteiger partial charge is 0.293 e. The Morgan fingerprint density at radius 3 is 2.62 bits per heavy atom. The zero-order valence-corrected chi connectivity index (χ0v) is 12.4. The fraction of sp³-hybridized carbons (Fsp3) is 0.188. The number of nitriles is 1. The number of thiazole rings is 1. The average Bonchev–Trinajstić information content (AvgIpc) is 2.93. The Hall–Kier alpha value is -2.32. The second-order valence-electron chi connectivity index (χ2n) is 4.77. The minimum absolute atomic E-state index is 0.0981. The third-order valence-electron chi connectivity index (χ3n) is 2.82. The molecule has 0 aliphatic rings. The Kier molecular flexibility index (Phi) is 4.61. The van der Waals surface area contributed by atoms with Crippen LogP contribution >= 0.6 is 11.3 Å². The number of nitrogens with zero attached hydrogens (tertiary/aromatic N) is 2. The molecule has 2 rings (SSSR count). The molecular formula is C16H13FN2OS. The smallest absolute Gasteiger partial charge is 0.175 e. The molecule has 0 bridgehead atoms. The number of Topliss-reactive ketones (excluding diaryl/α,β-unsaturated/α-hetero) is 1. The summed E-state index contributed by atoms with van der Waals surface area (Å²) in [6, 6.07) is 7.95. The zero-order valence-electron chi connectivity index (χ0n) is 11.6. The summed E-state index contributed by atoms with van der Waals surface area (Å²) >= 11 is 1.38. The zero-order chi connectivity index (χ0) is 15.4. The van der Waals surface area contributed by atoms with Crippen molar-refractivity contribution < 1.29 is 9.18 Å². The number of carbonyl (C=O) groups is 1. The van der Waals surface area contributed by atoms with Gasteiger partial charge in [0.2, 0.25) is 0 Å². The van der Waals surface area contributed by atoms with E-state index in [1.54, 1.807) is 31.4 Å². The van der Waals surface area contributed by atoms with Crippen LogP contribution in [-0.2, 0) is 4.79 Å². The summed E-state index contributed by atoms with van der Waals surface area (Å²) in [5.74, 6) is -0.732. The highest BCUT2D eigenvalue weighted by molar-refractivity contribution is 7.13. The summed E-state index contributed by atoms with van der Waals surface area (Å²) in [7, 11) is 0. The molecule has 0 aliphatic heterocycles. The van der Waals surface area contributed by atoms with E-state index in [1.165, 1.54) is 29.5 Å². The van der Waals surface area contributed by atoms with E-state index in [-0.39, 0.29) is 23.1 Å². The van der Waals surface area contributed by atoms with Gasteiger partial charge in [0.25, 0.3) is 0 Å². The third kappa shape index (κ3) is 3.61. The Labute approximate surface area is 126 Å². The van der Waals surface area contributed by atoms with Gasteiger partial charge < -0.3 is 0 Å².